The van der Waals surface area contributed by atoms with Gasteiger partial charge in [0.1, 0.15) is 10.6 Å². The fourth-order valence-corrected chi connectivity index (χ4v) is 4.46. The number of hydrogen-bond donors (Lipinski definition) is 0. The van der Waals surface area contributed by atoms with Gasteiger partial charge in [0.2, 0.25) is 0 Å². The molecule has 142 valence electrons. The molecule has 6 nitrogen and oxygen atoms in total. The highest BCUT2D eigenvalue weighted by molar-refractivity contribution is 9.10. The minimum absolute atomic E-state index is 0.0564. The van der Waals surface area contributed by atoms with Gasteiger partial charge in [0.25, 0.3) is 0 Å². The minimum atomic E-state index is -4.08. The van der Waals surface area contributed by atoms with Crippen molar-refractivity contribution in [1.29, 1.82) is 0 Å². The van der Waals surface area contributed by atoms with Crippen LogP contribution in [-0.4, -0.2) is 23.2 Å². The highest BCUT2D eigenvalue weighted by Gasteiger charge is 2.23. The Morgan fingerprint density at radius 2 is 1.86 bits per heavy atom. The summed E-state index contributed by atoms with van der Waals surface area (Å²) in [4.78, 5) is 4.74. The first-order valence-corrected chi connectivity index (χ1v) is 10.6. The topological polar surface area (TPSA) is 74.1 Å². The average Bonchev–Trinajstić information content (AvgIpc) is 3.11. The molecule has 2 aromatic carbocycles. The molecule has 4 aromatic rings. The molecule has 0 bridgehead atoms. The summed E-state index contributed by atoms with van der Waals surface area (Å²) in [7, 11) is -2.29. The predicted molar refractivity (Wildman–Crippen MR) is 111 cm³/mol. The molecule has 0 radical (unpaired) electrons. The minimum Gasteiger partial charge on any atom is -0.379 e. The molecular formula is C20H16BrN3O3S. The van der Waals surface area contributed by atoms with Gasteiger partial charge in [-0.3, -0.25) is 4.68 Å². The van der Waals surface area contributed by atoms with Gasteiger partial charge in [0.15, 0.2) is 0 Å². The lowest BCUT2D eigenvalue weighted by atomic mass is 10.1. The number of aromatic nitrogens is 3. The van der Waals surface area contributed by atoms with E-state index in [4.69, 9.17) is 4.18 Å². The molecule has 0 spiro atoms. The summed E-state index contributed by atoms with van der Waals surface area (Å²) < 4.78 is 34.0. The maximum Gasteiger partial charge on any atom is 0.339 e. The van der Waals surface area contributed by atoms with Gasteiger partial charge in [-0.15, -0.1) is 0 Å². The molecule has 0 saturated heterocycles. The number of hydrogen-bond acceptors (Lipinski definition) is 5. The molecular weight excluding hydrogens is 442 g/mol. The van der Waals surface area contributed by atoms with Crippen molar-refractivity contribution in [1.82, 2.24) is 14.8 Å². The van der Waals surface area contributed by atoms with Crippen molar-refractivity contribution in [2.75, 3.05) is 0 Å². The Hall–Kier alpha value is -2.71. The van der Waals surface area contributed by atoms with E-state index in [1.807, 2.05) is 13.0 Å². The van der Waals surface area contributed by atoms with Crippen LogP contribution in [0.2, 0.25) is 0 Å². The normalized spacial score (nSPS) is 11.7. The van der Waals surface area contributed by atoms with Crippen LogP contribution in [0.4, 0.5) is 0 Å². The van der Waals surface area contributed by atoms with Crippen molar-refractivity contribution in [3.8, 4) is 17.0 Å². The van der Waals surface area contributed by atoms with Crippen molar-refractivity contribution >= 4 is 37.0 Å². The van der Waals surface area contributed by atoms with E-state index >= 15 is 0 Å². The summed E-state index contributed by atoms with van der Waals surface area (Å²) in [5, 5.41) is 4.64. The Balaban J connectivity index is 1.97. The number of halogens is 1. The molecule has 8 heteroatoms. The van der Waals surface area contributed by atoms with Crippen LogP contribution in [0, 0.1) is 6.92 Å². The molecule has 0 saturated carbocycles. The monoisotopic (exact) mass is 457 g/mol. The molecule has 0 atom stereocenters. The zero-order valence-corrected chi connectivity index (χ0v) is 17.5. The second kappa shape index (κ2) is 7.03. The lowest BCUT2D eigenvalue weighted by Crippen LogP contribution is -2.11. The van der Waals surface area contributed by atoms with Gasteiger partial charge in [-0.1, -0.05) is 30.3 Å². The summed E-state index contributed by atoms with van der Waals surface area (Å²) in [5.74, 6) is 0.251. The summed E-state index contributed by atoms with van der Waals surface area (Å²) in [6, 6.07) is 13.6. The van der Waals surface area contributed by atoms with Gasteiger partial charge in [0.05, 0.1) is 17.4 Å². The molecule has 4 rings (SSSR count). The zero-order chi connectivity index (χ0) is 19.9. The van der Waals surface area contributed by atoms with E-state index in [-0.39, 0.29) is 10.6 Å². The molecule has 0 unspecified atom stereocenters. The van der Waals surface area contributed by atoms with Gasteiger partial charge in [-0.25, -0.2) is 4.98 Å². The third kappa shape index (κ3) is 3.41. The summed E-state index contributed by atoms with van der Waals surface area (Å²) in [6.07, 6.45) is 3.43. The molecule has 0 aliphatic heterocycles. The summed E-state index contributed by atoms with van der Waals surface area (Å²) in [6.45, 7) is 1.93. The Bertz CT molecular complexity index is 1290. The number of nitrogens with zero attached hydrogens (tertiary/aromatic N) is 3. The van der Waals surface area contributed by atoms with Crippen LogP contribution >= 0.6 is 15.9 Å². The van der Waals surface area contributed by atoms with E-state index in [0.29, 0.717) is 22.2 Å². The van der Waals surface area contributed by atoms with E-state index in [2.05, 4.69) is 26.0 Å². The van der Waals surface area contributed by atoms with Gasteiger partial charge in [0, 0.05) is 28.7 Å². The van der Waals surface area contributed by atoms with Crippen molar-refractivity contribution in [3.05, 3.63) is 71.0 Å². The van der Waals surface area contributed by atoms with E-state index in [0.717, 1.165) is 10.0 Å². The average molecular weight is 458 g/mol. The lowest BCUT2D eigenvalue weighted by molar-refractivity contribution is 0.487. The Morgan fingerprint density at radius 1 is 1.11 bits per heavy atom. The van der Waals surface area contributed by atoms with E-state index in [1.54, 1.807) is 60.5 Å². The Labute approximate surface area is 171 Å². The smallest absolute Gasteiger partial charge is 0.339 e. The molecule has 0 aliphatic rings. The molecule has 0 aliphatic carbocycles. The van der Waals surface area contributed by atoms with E-state index in [1.165, 1.54) is 6.07 Å². The van der Waals surface area contributed by atoms with Crippen LogP contribution in [-0.2, 0) is 17.2 Å². The number of aryl methyl sites for hydroxylation is 2. The summed E-state index contributed by atoms with van der Waals surface area (Å²) >= 11 is 3.54. The predicted octanol–water partition coefficient (Wildman–Crippen LogP) is 4.47. The standard InChI is InChI=1S/C20H16BrN3O3S/c1-13-8-9-16-18(28(25,26)27-15-6-4-3-5-7-15)10-17(23-20(16)19(13)21)14-11-22-24(2)12-14/h3-12H,1-2H3. The lowest BCUT2D eigenvalue weighted by Gasteiger charge is -2.13. The molecule has 0 fully saturated rings. The van der Waals surface area contributed by atoms with Gasteiger partial charge in [-0.2, -0.15) is 13.5 Å². The fraction of sp³-hybridized carbons (Fsp3) is 0.100. The second-order valence-electron chi connectivity index (χ2n) is 6.35. The van der Waals surface area contributed by atoms with Crippen LogP contribution in [0.5, 0.6) is 5.75 Å². The largest absolute Gasteiger partial charge is 0.379 e. The van der Waals surface area contributed by atoms with E-state index < -0.39 is 10.1 Å². The number of benzene rings is 2. The van der Waals surface area contributed by atoms with Crippen LogP contribution in [0.3, 0.4) is 0 Å². The fourth-order valence-electron chi connectivity index (χ4n) is 2.88. The molecule has 2 heterocycles. The van der Waals surface area contributed by atoms with Crippen LogP contribution in [0.25, 0.3) is 22.2 Å². The van der Waals surface area contributed by atoms with Crippen molar-refractivity contribution < 1.29 is 12.6 Å². The molecule has 0 N–H and O–H groups in total. The maximum atomic E-state index is 13.1. The van der Waals surface area contributed by atoms with Crippen LogP contribution < -0.4 is 4.18 Å². The highest BCUT2D eigenvalue weighted by Crippen LogP contribution is 2.34. The number of para-hydroxylation sites is 1. The van der Waals surface area contributed by atoms with Crippen molar-refractivity contribution in [2.24, 2.45) is 7.05 Å². The third-order valence-electron chi connectivity index (χ3n) is 4.29. The highest BCUT2D eigenvalue weighted by atomic mass is 79.9. The first-order chi connectivity index (χ1) is 13.3. The quantitative estimate of drug-likeness (QED) is 0.422. The van der Waals surface area contributed by atoms with Crippen LogP contribution in [0.15, 0.2) is 70.3 Å². The van der Waals surface area contributed by atoms with E-state index in [9.17, 15) is 8.42 Å². The zero-order valence-electron chi connectivity index (χ0n) is 15.1. The second-order valence-corrected chi connectivity index (χ2v) is 8.66. The van der Waals surface area contributed by atoms with Gasteiger partial charge < -0.3 is 4.18 Å². The molecule has 28 heavy (non-hydrogen) atoms. The van der Waals surface area contributed by atoms with Gasteiger partial charge >= 0.3 is 10.1 Å². The first kappa shape index (κ1) is 18.6. The first-order valence-electron chi connectivity index (χ1n) is 8.43. The number of pyridine rings is 1. The molecule has 0 amide bonds. The summed E-state index contributed by atoms with van der Waals surface area (Å²) in [5.41, 5.74) is 2.73. The van der Waals surface area contributed by atoms with Gasteiger partial charge in [-0.05, 0) is 46.6 Å². The number of rotatable bonds is 4. The third-order valence-corrected chi connectivity index (χ3v) is 6.58. The maximum absolute atomic E-state index is 13.1. The van der Waals surface area contributed by atoms with Crippen molar-refractivity contribution in [3.63, 3.8) is 0 Å². The molecule has 2 aromatic heterocycles. The SMILES string of the molecule is Cc1ccc2c(S(=O)(=O)Oc3ccccc3)cc(-c3cnn(C)c3)nc2c1Br. The van der Waals surface area contributed by atoms with Crippen LogP contribution in [0.1, 0.15) is 5.56 Å². The Kier molecular flexibility index (Phi) is 4.68. The number of fused-ring (bicyclic) bond motifs is 1. The van der Waals surface area contributed by atoms with Crippen molar-refractivity contribution in [2.45, 2.75) is 11.8 Å². The Morgan fingerprint density at radius 3 is 2.54 bits per heavy atom.